The monoisotopic (exact) mass is 423 g/mol. The number of nitro benzene ring substituents is 1. The Bertz CT molecular complexity index is 856. The number of hydrogen-bond donors (Lipinski definition) is 2. The van der Waals surface area contributed by atoms with Gasteiger partial charge < -0.3 is 14.6 Å². The molecule has 0 saturated heterocycles. The Labute approximate surface area is 156 Å². The maximum Gasteiger partial charge on any atom is 0.311 e. The molecule has 0 aliphatic carbocycles. The first kappa shape index (κ1) is 19.2. The Morgan fingerprint density at radius 3 is 2.85 bits per heavy atom. The van der Waals surface area contributed by atoms with E-state index in [9.17, 15) is 20.0 Å². The number of carbonyl (C=O) groups excluding carboxylic acids is 1. The van der Waals surface area contributed by atoms with E-state index < -0.39 is 22.3 Å². The molecule has 2 rings (SSSR count). The number of phenolic OH excluding ortho intramolecular Hbond substituents is 1. The molecule has 0 aromatic heterocycles. The van der Waals surface area contributed by atoms with E-state index in [4.69, 9.17) is 9.47 Å². The molecule has 0 saturated carbocycles. The first-order chi connectivity index (χ1) is 12.4. The molecule has 0 heterocycles. The zero-order valence-corrected chi connectivity index (χ0v) is 15.1. The quantitative estimate of drug-likeness (QED) is 0.400. The fraction of sp³-hybridized carbons (Fsp3) is 0.125. The van der Waals surface area contributed by atoms with E-state index in [0.717, 1.165) is 12.3 Å². The Balaban J connectivity index is 1.92. The van der Waals surface area contributed by atoms with Crippen LogP contribution in [0.4, 0.5) is 5.69 Å². The van der Waals surface area contributed by atoms with Crippen molar-refractivity contribution >= 4 is 33.7 Å². The molecule has 2 aromatic carbocycles. The van der Waals surface area contributed by atoms with Gasteiger partial charge in [0.1, 0.15) is 11.5 Å². The molecule has 26 heavy (non-hydrogen) atoms. The molecule has 9 nitrogen and oxygen atoms in total. The number of aromatic hydroxyl groups is 1. The first-order valence-corrected chi connectivity index (χ1v) is 7.96. The van der Waals surface area contributed by atoms with Crippen LogP contribution in [0.25, 0.3) is 0 Å². The van der Waals surface area contributed by atoms with Gasteiger partial charge in [-0.25, -0.2) is 5.43 Å². The van der Waals surface area contributed by atoms with Crippen LogP contribution in [0, 0.1) is 10.1 Å². The van der Waals surface area contributed by atoms with Crippen LogP contribution in [0.3, 0.4) is 0 Å². The third kappa shape index (κ3) is 4.93. The molecular weight excluding hydrogens is 410 g/mol. The van der Waals surface area contributed by atoms with Crippen molar-refractivity contribution in [2.75, 3.05) is 13.7 Å². The number of phenols is 1. The lowest BCUT2D eigenvalue weighted by Gasteiger charge is -2.08. The SMILES string of the molecule is COc1ccc(OCC(=O)N/N=C\c2cccc([N+](=O)[O-])c2O)c(Br)c1. The summed E-state index contributed by atoms with van der Waals surface area (Å²) in [6.45, 7) is -0.302. The van der Waals surface area contributed by atoms with Crippen LogP contribution in [-0.2, 0) is 4.79 Å². The second-order valence-electron chi connectivity index (χ2n) is 4.85. The number of rotatable bonds is 7. The van der Waals surface area contributed by atoms with E-state index in [-0.39, 0.29) is 12.2 Å². The van der Waals surface area contributed by atoms with Crippen LogP contribution in [0.1, 0.15) is 5.56 Å². The Hall–Kier alpha value is -3.14. The van der Waals surface area contributed by atoms with Crippen LogP contribution in [0.5, 0.6) is 17.2 Å². The summed E-state index contributed by atoms with van der Waals surface area (Å²) in [7, 11) is 1.53. The zero-order chi connectivity index (χ0) is 19.1. The standard InChI is InChI=1S/C16H14BrN3O6/c1-25-11-5-6-14(12(17)7-11)26-9-15(21)19-18-8-10-3-2-4-13(16(10)22)20(23)24/h2-8,22H,9H2,1H3,(H,19,21)/b18-8-. The summed E-state index contributed by atoms with van der Waals surface area (Å²) >= 11 is 3.30. The Morgan fingerprint density at radius 1 is 1.42 bits per heavy atom. The topological polar surface area (TPSA) is 123 Å². The van der Waals surface area contributed by atoms with Crippen molar-refractivity contribution in [3.05, 3.63) is 56.5 Å². The molecular formula is C16H14BrN3O6. The number of hydrogen-bond acceptors (Lipinski definition) is 7. The number of methoxy groups -OCH3 is 1. The molecule has 0 aliphatic heterocycles. The molecule has 0 spiro atoms. The minimum Gasteiger partial charge on any atom is -0.502 e. The molecule has 10 heteroatoms. The van der Waals surface area contributed by atoms with Gasteiger partial charge in [0, 0.05) is 11.6 Å². The van der Waals surface area contributed by atoms with E-state index >= 15 is 0 Å². The maximum atomic E-state index is 11.7. The predicted molar refractivity (Wildman–Crippen MR) is 96.7 cm³/mol. The molecule has 2 aromatic rings. The van der Waals surface area contributed by atoms with Gasteiger partial charge in [0.2, 0.25) is 5.75 Å². The summed E-state index contributed by atoms with van der Waals surface area (Å²) in [5.74, 6) is -0.000835. The van der Waals surface area contributed by atoms with Gasteiger partial charge in [-0.15, -0.1) is 0 Å². The van der Waals surface area contributed by atoms with Crippen molar-refractivity contribution < 1.29 is 24.3 Å². The number of nitro groups is 1. The molecule has 0 atom stereocenters. The average Bonchev–Trinajstić information content (AvgIpc) is 2.61. The lowest BCUT2D eigenvalue weighted by molar-refractivity contribution is -0.385. The summed E-state index contributed by atoms with van der Waals surface area (Å²) in [6.07, 6.45) is 1.10. The number of benzene rings is 2. The van der Waals surface area contributed by atoms with Gasteiger partial charge in [0.05, 0.1) is 22.7 Å². The highest BCUT2D eigenvalue weighted by atomic mass is 79.9. The minimum atomic E-state index is -0.716. The minimum absolute atomic E-state index is 0.0957. The van der Waals surface area contributed by atoms with Crippen molar-refractivity contribution in [1.29, 1.82) is 0 Å². The Morgan fingerprint density at radius 2 is 2.19 bits per heavy atom. The van der Waals surface area contributed by atoms with Gasteiger partial charge in [-0.2, -0.15) is 5.10 Å². The number of hydrazone groups is 1. The van der Waals surface area contributed by atoms with E-state index in [1.54, 1.807) is 18.2 Å². The van der Waals surface area contributed by atoms with E-state index in [0.29, 0.717) is 16.0 Å². The number of carbonyl (C=O) groups is 1. The summed E-state index contributed by atoms with van der Waals surface area (Å²) in [5, 5.41) is 24.2. The highest BCUT2D eigenvalue weighted by molar-refractivity contribution is 9.10. The number of nitrogens with zero attached hydrogens (tertiary/aromatic N) is 2. The van der Waals surface area contributed by atoms with Gasteiger partial charge in [-0.1, -0.05) is 6.07 Å². The normalized spacial score (nSPS) is 10.5. The smallest absolute Gasteiger partial charge is 0.311 e. The molecule has 0 bridgehead atoms. The van der Waals surface area contributed by atoms with Crippen LogP contribution in [0.2, 0.25) is 0 Å². The van der Waals surface area contributed by atoms with Crippen LogP contribution in [-0.4, -0.2) is 35.9 Å². The number of nitrogens with one attached hydrogen (secondary N) is 1. The first-order valence-electron chi connectivity index (χ1n) is 7.17. The Kier molecular flexibility index (Phi) is 6.50. The molecule has 0 radical (unpaired) electrons. The summed E-state index contributed by atoms with van der Waals surface area (Å²) in [5.41, 5.74) is 1.85. The lowest BCUT2D eigenvalue weighted by Crippen LogP contribution is -2.24. The summed E-state index contributed by atoms with van der Waals surface area (Å²) in [6, 6.07) is 8.98. The van der Waals surface area contributed by atoms with Crippen LogP contribution >= 0.6 is 15.9 Å². The van der Waals surface area contributed by atoms with Crippen LogP contribution in [0.15, 0.2) is 46.0 Å². The lowest BCUT2D eigenvalue weighted by atomic mass is 10.2. The van der Waals surface area contributed by atoms with Crippen molar-refractivity contribution in [1.82, 2.24) is 5.43 Å². The van der Waals surface area contributed by atoms with Crippen molar-refractivity contribution in [2.45, 2.75) is 0 Å². The van der Waals surface area contributed by atoms with Gasteiger partial charge >= 0.3 is 5.69 Å². The van der Waals surface area contributed by atoms with Gasteiger partial charge in [0.25, 0.3) is 5.91 Å². The zero-order valence-electron chi connectivity index (χ0n) is 13.5. The van der Waals surface area contributed by atoms with Gasteiger partial charge in [-0.05, 0) is 40.2 Å². The average molecular weight is 424 g/mol. The molecule has 136 valence electrons. The summed E-state index contributed by atoms with van der Waals surface area (Å²) in [4.78, 5) is 21.8. The number of halogens is 1. The number of amides is 1. The van der Waals surface area contributed by atoms with E-state index in [1.165, 1.54) is 19.2 Å². The summed E-state index contributed by atoms with van der Waals surface area (Å²) < 4.78 is 11.0. The molecule has 2 N–H and O–H groups in total. The maximum absolute atomic E-state index is 11.7. The third-order valence-electron chi connectivity index (χ3n) is 3.13. The molecule has 0 fully saturated rings. The highest BCUT2D eigenvalue weighted by Gasteiger charge is 2.15. The number of ether oxygens (including phenoxy) is 2. The van der Waals surface area contributed by atoms with Crippen molar-refractivity contribution in [3.8, 4) is 17.2 Å². The van der Waals surface area contributed by atoms with Gasteiger partial charge in [0.15, 0.2) is 6.61 Å². The fourth-order valence-corrected chi connectivity index (χ4v) is 2.35. The largest absolute Gasteiger partial charge is 0.502 e. The van der Waals surface area contributed by atoms with Crippen LogP contribution < -0.4 is 14.9 Å². The second-order valence-corrected chi connectivity index (χ2v) is 5.70. The predicted octanol–water partition coefficient (Wildman–Crippen LogP) is 2.60. The molecule has 1 amide bonds. The fourth-order valence-electron chi connectivity index (χ4n) is 1.88. The van der Waals surface area contributed by atoms with Gasteiger partial charge in [-0.3, -0.25) is 14.9 Å². The van der Waals surface area contributed by atoms with E-state index in [1.807, 2.05) is 0 Å². The highest BCUT2D eigenvalue weighted by Crippen LogP contribution is 2.29. The van der Waals surface area contributed by atoms with E-state index in [2.05, 4.69) is 26.5 Å². The second kappa shape index (κ2) is 8.81. The third-order valence-corrected chi connectivity index (χ3v) is 3.75. The van der Waals surface area contributed by atoms with Crippen molar-refractivity contribution in [3.63, 3.8) is 0 Å². The molecule has 0 unspecified atom stereocenters. The van der Waals surface area contributed by atoms with Crippen molar-refractivity contribution in [2.24, 2.45) is 5.10 Å². The number of para-hydroxylation sites is 1. The molecule has 0 aliphatic rings.